The molecule has 82 valence electrons. The Kier molecular flexibility index (Phi) is 3.97. The SMILES string of the molecule is Brc1ncccc1NCC1CCCNC1. The molecule has 15 heavy (non-hydrogen) atoms. The average molecular weight is 270 g/mol. The molecule has 2 rings (SSSR count). The molecule has 0 radical (unpaired) electrons. The minimum Gasteiger partial charge on any atom is -0.383 e. The Morgan fingerprint density at radius 3 is 3.27 bits per heavy atom. The van der Waals surface area contributed by atoms with Gasteiger partial charge in [-0.05, 0) is 59.9 Å². The Labute approximate surface area is 98.8 Å². The number of nitrogens with one attached hydrogen (secondary N) is 2. The molecule has 1 saturated heterocycles. The van der Waals surface area contributed by atoms with Crippen molar-refractivity contribution >= 4 is 21.6 Å². The molecule has 4 heteroatoms. The van der Waals surface area contributed by atoms with Crippen LogP contribution in [0, 0.1) is 5.92 Å². The molecule has 0 amide bonds. The minimum absolute atomic E-state index is 0.742. The highest BCUT2D eigenvalue weighted by Gasteiger charge is 2.12. The highest BCUT2D eigenvalue weighted by molar-refractivity contribution is 9.10. The van der Waals surface area contributed by atoms with E-state index in [0.29, 0.717) is 0 Å². The summed E-state index contributed by atoms with van der Waals surface area (Å²) >= 11 is 3.43. The number of aromatic nitrogens is 1. The van der Waals surface area contributed by atoms with Crippen molar-refractivity contribution in [2.75, 3.05) is 25.0 Å². The number of rotatable bonds is 3. The molecule has 0 bridgehead atoms. The maximum Gasteiger partial charge on any atom is 0.129 e. The molecular weight excluding hydrogens is 254 g/mol. The number of anilines is 1. The van der Waals surface area contributed by atoms with Gasteiger partial charge in [-0.2, -0.15) is 0 Å². The van der Waals surface area contributed by atoms with E-state index in [2.05, 4.69) is 31.5 Å². The van der Waals surface area contributed by atoms with Gasteiger partial charge in [-0.3, -0.25) is 0 Å². The lowest BCUT2D eigenvalue weighted by Gasteiger charge is -2.23. The van der Waals surface area contributed by atoms with Crippen molar-refractivity contribution in [2.45, 2.75) is 12.8 Å². The van der Waals surface area contributed by atoms with Crippen molar-refractivity contribution in [3.8, 4) is 0 Å². The second kappa shape index (κ2) is 5.47. The molecule has 1 aromatic rings. The Morgan fingerprint density at radius 2 is 2.53 bits per heavy atom. The molecule has 2 N–H and O–H groups in total. The second-order valence-corrected chi connectivity index (χ2v) is 4.69. The van der Waals surface area contributed by atoms with Crippen LogP contribution in [0.3, 0.4) is 0 Å². The molecule has 3 nitrogen and oxygen atoms in total. The molecule has 1 fully saturated rings. The third kappa shape index (κ3) is 3.18. The first-order chi connectivity index (χ1) is 7.36. The number of pyridine rings is 1. The van der Waals surface area contributed by atoms with E-state index < -0.39 is 0 Å². The van der Waals surface area contributed by atoms with Gasteiger partial charge < -0.3 is 10.6 Å². The van der Waals surface area contributed by atoms with Gasteiger partial charge in [0, 0.05) is 12.7 Å². The fraction of sp³-hybridized carbons (Fsp3) is 0.545. The van der Waals surface area contributed by atoms with E-state index in [1.165, 1.54) is 19.4 Å². The predicted octanol–water partition coefficient (Wildman–Crippen LogP) is 2.26. The summed E-state index contributed by atoms with van der Waals surface area (Å²) in [6, 6.07) is 4.00. The van der Waals surface area contributed by atoms with Crippen LogP contribution in [-0.2, 0) is 0 Å². The maximum absolute atomic E-state index is 4.18. The summed E-state index contributed by atoms with van der Waals surface area (Å²) in [5.74, 6) is 0.742. The number of piperidine rings is 1. The summed E-state index contributed by atoms with van der Waals surface area (Å²) in [6.45, 7) is 3.33. The molecule has 1 atom stereocenters. The van der Waals surface area contributed by atoms with Gasteiger partial charge in [0.15, 0.2) is 0 Å². The summed E-state index contributed by atoms with van der Waals surface area (Å²) in [5.41, 5.74) is 1.09. The summed E-state index contributed by atoms with van der Waals surface area (Å²) in [7, 11) is 0. The average Bonchev–Trinajstić information content (AvgIpc) is 2.29. The number of hydrogen-bond acceptors (Lipinski definition) is 3. The maximum atomic E-state index is 4.18. The number of halogens is 1. The fourth-order valence-electron chi connectivity index (χ4n) is 1.87. The van der Waals surface area contributed by atoms with Crippen molar-refractivity contribution in [1.29, 1.82) is 0 Å². The summed E-state index contributed by atoms with van der Waals surface area (Å²) in [4.78, 5) is 4.18. The van der Waals surface area contributed by atoms with E-state index in [1.807, 2.05) is 12.1 Å². The van der Waals surface area contributed by atoms with Crippen LogP contribution in [0.25, 0.3) is 0 Å². The monoisotopic (exact) mass is 269 g/mol. The van der Waals surface area contributed by atoms with E-state index >= 15 is 0 Å². The van der Waals surface area contributed by atoms with Gasteiger partial charge in [-0.1, -0.05) is 0 Å². The lowest BCUT2D eigenvalue weighted by Crippen LogP contribution is -2.33. The molecule has 1 unspecified atom stereocenters. The highest BCUT2D eigenvalue weighted by Crippen LogP contribution is 2.19. The third-order valence-corrected chi connectivity index (χ3v) is 3.37. The van der Waals surface area contributed by atoms with E-state index in [9.17, 15) is 0 Å². The Morgan fingerprint density at radius 1 is 1.60 bits per heavy atom. The molecule has 0 aliphatic carbocycles. The zero-order chi connectivity index (χ0) is 10.5. The lowest BCUT2D eigenvalue weighted by atomic mass is 10.00. The minimum atomic E-state index is 0.742. The smallest absolute Gasteiger partial charge is 0.129 e. The van der Waals surface area contributed by atoms with Crippen molar-refractivity contribution in [1.82, 2.24) is 10.3 Å². The first-order valence-corrected chi connectivity index (χ1v) is 6.20. The van der Waals surface area contributed by atoms with Gasteiger partial charge in [0.25, 0.3) is 0 Å². The van der Waals surface area contributed by atoms with Crippen LogP contribution < -0.4 is 10.6 Å². The first-order valence-electron chi connectivity index (χ1n) is 5.41. The first kappa shape index (κ1) is 10.9. The zero-order valence-electron chi connectivity index (χ0n) is 8.67. The molecule has 0 aromatic carbocycles. The van der Waals surface area contributed by atoms with Gasteiger partial charge >= 0.3 is 0 Å². The molecule has 1 aromatic heterocycles. The Balaban J connectivity index is 1.84. The number of nitrogens with zero attached hydrogens (tertiary/aromatic N) is 1. The van der Waals surface area contributed by atoms with Crippen molar-refractivity contribution in [2.24, 2.45) is 5.92 Å². The normalized spacial score (nSPS) is 21.3. The van der Waals surface area contributed by atoms with Crippen molar-refractivity contribution < 1.29 is 0 Å². The Bertz CT molecular complexity index is 310. The van der Waals surface area contributed by atoms with Crippen LogP contribution in [-0.4, -0.2) is 24.6 Å². The molecule has 1 aliphatic heterocycles. The van der Waals surface area contributed by atoms with E-state index in [4.69, 9.17) is 0 Å². The molecule has 0 spiro atoms. The third-order valence-electron chi connectivity index (χ3n) is 2.74. The topological polar surface area (TPSA) is 37.0 Å². The lowest BCUT2D eigenvalue weighted by molar-refractivity contribution is 0.393. The predicted molar refractivity (Wildman–Crippen MR) is 66.0 cm³/mol. The van der Waals surface area contributed by atoms with E-state index in [-0.39, 0.29) is 0 Å². The van der Waals surface area contributed by atoms with E-state index in [0.717, 1.165) is 29.3 Å². The van der Waals surface area contributed by atoms with Crippen LogP contribution in [0.4, 0.5) is 5.69 Å². The largest absolute Gasteiger partial charge is 0.383 e. The highest BCUT2D eigenvalue weighted by atomic mass is 79.9. The summed E-state index contributed by atoms with van der Waals surface area (Å²) < 4.78 is 0.897. The zero-order valence-corrected chi connectivity index (χ0v) is 10.3. The van der Waals surface area contributed by atoms with Crippen LogP contribution in [0.15, 0.2) is 22.9 Å². The van der Waals surface area contributed by atoms with Crippen molar-refractivity contribution in [3.05, 3.63) is 22.9 Å². The van der Waals surface area contributed by atoms with E-state index in [1.54, 1.807) is 6.20 Å². The second-order valence-electron chi connectivity index (χ2n) is 3.94. The van der Waals surface area contributed by atoms with Gasteiger partial charge in [-0.25, -0.2) is 4.98 Å². The molecule has 0 saturated carbocycles. The van der Waals surface area contributed by atoms with Crippen LogP contribution in [0.5, 0.6) is 0 Å². The number of hydrogen-bond donors (Lipinski definition) is 2. The van der Waals surface area contributed by atoms with Crippen LogP contribution >= 0.6 is 15.9 Å². The standard InChI is InChI=1S/C11H16BrN3/c12-11-10(4-2-6-14-11)15-8-9-3-1-5-13-7-9/h2,4,6,9,13,15H,1,3,5,7-8H2. The molecule has 2 heterocycles. The quantitative estimate of drug-likeness (QED) is 0.827. The summed E-state index contributed by atoms with van der Waals surface area (Å²) in [6.07, 6.45) is 4.40. The van der Waals surface area contributed by atoms with Crippen LogP contribution in [0.1, 0.15) is 12.8 Å². The van der Waals surface area contributed by atoms with Gasteiger partial charge in [-0.15, -0.1) is 0 Å². The fourth-order valence-corrected chi connectivity index (χ4v) is 2.26. The van der Waals surface area contributed by atoms with Gasteiger partial charge in [0.1, 0.15) is 4.60 Å². The van der Waals surface area contributed by atoms with Gasteiger partial charge in [0.05, 0.1) is 5.69 Å². The molecule has 1 aliphatic rings. The van der Waals surface area contributed by atoms with Crippen LogP contribution in [0.2, 0.25) is 0 Å². The summed E-state index contributed by atoms with van der Waals surface area (Å²) in [5, 5.41) is 6.85. The Hall–Kier alpha value is -0.610. The van der Waals surface area contributed by atoms with Crippen molar-refractivity contribution in [3.63, 3.8) is 0 Å². The van der Waals surface area contributed by atoms with Gasteiger partial charge in [0.2, 0.25) is 0 Å². The molecular formula is C11H16BrN3.